The van der Waals surface area contributed by atoms with E-state index in [1.165, 1.54) is 0 Å². The van der Waals surface area contributed by atoms with Gasteiger partial charge in [0, 0.05) is 18.8 Å². The van der Waals surface area contributed by atoms with Crippen LogP contribution in [0.5, 0.6) is 0 Å². The minimum atomic E-state index is 0.318. The molecule has 1 aromatic rings. The topological polar surface area (TPSA) is 64.3 Å². The summed E-state index contributed by atoms with van der Waals surface area (Å²) in [5.74, 6) is 0.720. The summed E-state index contributed by atoms with van der Waals surface area (Å²) in [7, 11) is 0. The highest BCUT2D eigenvalue weighted by atomic mass is 32.1. The van der Waals surface area contributed by atoms with Gasteiger partial charge in [0.25, 0.3) is 0 Å². The van der Waals surface area contributed by atoms with Crippen molar-refractivity contribution in [3.8, 4) is 0 Å². The van der Waals surface area contributed by atoms with Crippen LogP contribution in [0.1, 0.15) is 24.2 Å². The van der Waals surface area contributed by atoms with Gasteiger partial charge in [0.05, 0.1) is 12.2 Å². The molecular formula is C12H16N4OS. The Morgan fingerprint density at radius 3 is 2.67 bits per heavy atom. The van der Waals surface area contributed by atoms with Gasteiger partial charge in [-0.2, -0.15) is 0 Å². The van der Waals surface area contributed by atoms with Crippen molar-refractivity contribution in [1.29, 1.82) is 0 Å². The maximum Gasteiger partial charge on any atom is 0.226 e. The van der Waals surface area contributed by atoms with Crippen molar-refractivity contribution in [2.75, 3.05) is 18.0 Å². The zero-order valence-corrected chi connectivity index (χ0v) is 11.1. The van der Waals surface area contributed by atoms with Crippen LogP contribution in [0.25, 0.3) is 0 Å². The first-order chi connectivity index (χ1) is 8.61. The normalized spacial score (nSPS) is 26.4. The molecule has 1 aromatic heterocycles. The Balaban J connectivity index is 1.89. The predicted octanol–water partition coefficient (Wildman–Crippen LogP) is 0.787. The summed E-state index contributed by atoms with van der Waals surface area (Å²) in [6.07, 6.45) is 2.91. The minimum absolute atomic E-state index is 0.318. The standard InChI is InChI=1S/C12H16N4OS/c1-7-4-10(11(13)18)15-12(14-7)16-5-8-2-3-9(6-16)17-8/h4,8-9H,2-3,5-6H2,1H3,(H2,13,18). The molecule has 2 atom stereocenters. The SMILES string of the molecule is Cc1cc(C(N)=S)nc(N2CC3CCC(C2)O3)n1. The number of hydrogen-bond donors (Lipinski definition) is 1. The minimum Gasteiger partial charge on any atom is -0.388 e. The van der Waals surface area contributed by atoms with Crippen LogP contribution in [-0.2, 0) is 4.74 Å². The highest BCUT2D eigenvalue weighted by molar-refractivity contribution is 7.80. The molecule has 18 heavy (non-hydrogen) atoms. The molecule has 2 N–H and O–H groups in total. The Kier molecular flexibility index (Phi) is 2.91. The van der Waals surface area contributed by atoms with Crippen molar-refractivity contribution >= 4 is 23.2 Å². The second-order valence-corrected chi connectivity index (χ2v) is 5.36. The van der Waals surface area contributed by atoms with Crippen LogP contribution in [0.2, 0.25) is 0 Å². The van der Waals surface area contributed by atoms with E-state index in [1.54, 1.807) is 0 Å². The van der Waals surface area contributed by atoms with Crippen molar-refractivity contribution in [1.82, 2.24) is 9.97 Å². The Morgan fingerprint density at radius 2 is 2.06 bits per heavy atom. The average Bonchev–Trinajstić information content (AvgIpc) is 2.67. The molecule has 5 nitrogen and oxygen atoms in total. The predicted molar refractivity (Wildman–Crippen MR) is 72.8 cm³/mol. The molecule has 0 saturated carbocycles. The molecule has 2 saturated heterocycles. The monoisotopic (exact) mass is 264 g/mol. The molecule has 0 aromatic carbocycles. The van der Waals surface area contributed by atoms with Crippen LogP contribution in [0.4, 0.5) is 5.95 Å². The molecular weight excluding hydrogens is 248 g/mol. The maximum absolute atomic E-state index is 5.81. The van der Waals surface area contributed by atoms with E-state index in [1.807, 2.05) is 13.0 Å². The van der Waals surface area contributed by atoms with Gasteiger partial charge in [-0.1, -0.05) is 12.2 Å². The first-order valence-electron chi connectivity index (χ1n) is 6.18. The molecule has 2 unspecified atom stereocenters. The van der Waals surface area contributed by atoms with Gasteiger partial charge in [-0.3, -0.25) is 0 Å². The smallest absolute Gasteiger partial charge is 0.226 e. The fourth-order valence-electron chi connectivity index (χ4n) is 2.60. The Bertz CT molecular complexity index is 481. The Hall–Kier alpha value is -1.27. The van der Waals surface area contributed by atoms with Crippen LogP contribution in [0.3, 0.4) is 0 Å². The van der Waals surface area contributed by atoms with Crippen LogP contribution in [0.15, 0.2) is 6.07 Å². The van der Waals surface area contributed by atoms with Crippen LogP contribution in [-0.4, -0.2) is 40.3 Å². The fraction of sp³-hybridized carbons (Fsp3) is 0.583. The van der Waals surface area contributed by atoms with Crippen LogP contribution < -0.4 is 10.6 Å². The lowest BCUT2D eigenvalue weighted by Gasteiger charge is -2.32. The highest BCUT2D eigenvalue weighted by Crippen LogP contribution is 2.28. The van der Waals surface area contributed by atoms with Crippen molar-refractivity contribution in [3.63, 3.8) is 0 Å². The van der Waals surface area contributed by atoms with Gasteiger partial charge in [0.1, 0.15) is 10.7 Å². The largest absolute Gasteiger partial charge is 0.388 e. The highest BCUT2D eigenvalue weighted by Gasteiger charge is 2.34. The molecule has 3 rings (SSSR count). The Morgan fingerprint density at radius 1 is 1.39 bits per heavy atom. The number of rotatable bonds is 2. The van der Waals surface area contributed by atoms with E-state index in [2.05, 4.69) is 14.9 Å². The number of morpholine rings is 1. The fourth-order valence-corrected chi connectivity index (χ4v) is 2.70. The molecule has 2 aliphatic heterocycles. The maximum atomic E-state index is 5.81. The molecule has 6 heteroatoms. The molecule has 3 heterocycles. The molecule has 2 aliphatic rings. The van der Waals surface area contributed by atoms with Gasteiger partial charge >= 0.3 is 0 Å². The van der Waals surface area contributed by atoms with Gasteiger partial charge in [-0.25, -0.2) is 9.97 Å². The third kappa shape index (κ3) is 2.18. The van der Waals surface area contributed by atoms with Gasteiger partial charge in [-0.15, -0.1) is 0 Å². The number of ether oxygens (including phenoxy) is 1. The van der Waals surface area contributed by atoms with E-state index in [4.69, 9.17) is 22.7 Å². The second kappa shape index (κ2) is 4.44. The van der Waals surface area contributed by atoms with Crippen molar-refractivity contribution in [3.05, 3.63) is 17.5 Å². The second-order valence-electron chi connectivity index (χ2n) is 4.92. The number of thiocarbonyl (C=S) groups is 1. The molecule has 2 fully saturated rings. The first-order valence-corrected chi connectivity index (χ1v) is 6.58. The molecule has 0 aliphatic carbocycles. The third-order valence-corrected chi connectivity index (χ3v) is 3.63. The summed E-state index contributed by atoms with van der Waals surface area (Å²) in [4.78, 5) is 11.4. The number of anilines is 1. The third-order valence-electron chi connectivity index (χ3n) is 3.42. The summed E-state index contributed by atoms with van der Waals surface area (Å²) < 4.78 is 5.81. The quantitative estimate of drug-likeness (QED) is 0.797. The molecule has 0 radical (unpaired) electrons. The van der Waals surface area contributed by atoms with Crippen molar-refractivity contribution in [2.24, 2.45) is 5.73 Å². The number of hydrogen-bond acceptors (Lipinski definition) is 5. The summed E-state index contributed by atoms with van der Waals surface area (Å²) in [6.45, 7) is 3.65. The number of aryl methyl sites for hydroxylation is 1. The zero-order valence-electron chi connectivity index (χ0n) is 10.3. The van der Waals surface area contributed by atoms with Gasteiger partial charge in [0.15, 0.2) is 0 Å². The summed E-state index contributed by atoms with van der Waals surface area (Å²) >= 11 is 4.99. The van der Waals surface area contributed by atoms with E-state index in [9.17, 15) is 0 Å². The number of nitrogens with two attached hydrogens (primary N) is 1. The van der Waals surface area contributed by atoms with Crippen molar-refractivity contribution < 1.29 is 4.74 Å². The average molecular weight is 264 g/mol. The van der Waals surface area contributed by atoms with Crippen LogP contribution >= 0.6 is 12.2 Å². The van der Waals surface area contributed by atoms with E-state index in [0.29, 0.717) is 22.9 Å². The molecule has 0 amide bonds. The molecule has 0 spiro atoms. The van der Waals surface area contributed by atoms with Gasteiger partial charge in [-0.05, 0) is 25.8 Å². The summed E-state index contributed by atoms with van der Waals surface area (Å²) in [6, 6.07) is 1.82. The summed E-state index contributed by atoms with van der Waals surface area (Å²) in [5.41, 5.74) is 7.18. The molecule has 96 valence electrons. The lowest BCUT2D eigenvalue weighted by atomic mass is 10.2. The molecule has 2 bridgehead atoms. The number of aromatic nitrogens is 2. The Labute approximate surface area is 111 Å². The van der Waals surface area contributed by atoms with Crippen molar-refractivity contribution in [2.45, 2.75) is 32.0 Å². The lowest BCUT2D eigenvalue weighted by Crippen LogP contribution is -2.43. The van der Waals surface area contributed by atoms with Crippen LogP contribution in [0, 0.1) is 6.92 Å². The van der Waals surface area contributed by atoms with Gasteiger partial charge < -0.3 is 15.4 Å². The zero-order chi connectivity index (χ0) is 12.7. The van der Waals surface area contributed by atoms with E-state index < -0.39 is 0 Å². The first kappa shape index (κ1) is 11.8. The van der Waals surface area contributed by atoms with E-state index in [0.717, 1.165) is 37.6 Å². The van der Waals surface area contributed by atoms with Gasteiger partial charge in [0.2, 0.25) is 5.95 Å². The number of fused-ring (bicyclic) bond motifs is 2. The lowest BCUT2D eigenvalue weighted by molar-refractivity contribution is 0.0299. The van der Waals surface area contributed by atoms with E-state index in [-0.39, 0.29) is 0 Å². The number of nitrogens with zero attached hydrogens (tertiary/aromatic N) is 3. The summed E-state index contributed by atoms with van der Waals surface area (Å²) in [5, 5.41) is 0. The van der Waals surface area contributed by atoms with E-state index >= 15 is 0 Å².